The van der Waals surface area contributed by atoms with Gasteiger partial charge in [-0.1, -0.05) is 30.3 Å². The second-order valence-corrected chi connectivity index (χ2v) is 7.19. The molecule has 134 valence electrons. The third-order valence-electron chi connectivity index (χ3n) is 3.67. The van der Waals surface area contributed by atoms with E-state index in [9.17, 15) is 0 Å². The average Bonchev–Trinajstić information content (AvgIpc) is 2.60. The van der Waals surface area contributed by atoms with Crippen molar-refractivity contribution in [1.82, 2.24) is 5.32 Å². The van der Waals surface area contributed by atoms with Gasteiger partial charge in [0.05, 0.1) is 6.61 Å². The second-order valence-electron chi connectivity index (χ2n) is 5.67. The summed E-state index contributed by atoms with van der Waals surface area (Å²) in [6, 6.07) is 16.4. The van der Waals surface area contributed by atoms with E-state index in [0.29, 0.717) is 11.7 Å². The number of nitrogens with one attached hydrogen (secondary N) is 2. The molecule has 0 amide bonds. The largest absolute Gasteiger partial charge is 0.494 e. The van der Waals surface area contributed by atoms with Gasteiger partial charge in [-0.25, -0.2) is 0 Å². The average molecular weight is 375 g/mol. The topological polar surface area (TPSA) is 33.3 Å². The van der Waals surface area contributed by atoms with Crippen LogP contribution >= 0.6 is 24.0 Å². The van der Waals surface area contributed by atoms with E-state index in [4.69, 9.17) is 17.0 Å². The van der Waals surface area contributed by atoms with Crippen LogP contribution in [0.15, 0.2) is 48.5 Å². The van der Waals surface area contributed by atoms with Gasteiger partial charge < -0.3 is 15.4 Å². The summed E-state index contributed by atoms with van der Waals surface area (Å²) in [5, 5.41) is 7.11. The van der Waals surface area contributed by atoms with Crippen LogP contribution in [0.2, 0.25) is 0 Å². The number of hydrogen-bond donors (Lipinski definition) is 2. The molecule has 0 spiro atoms. The van der Waals surface area contributed by atoms with Crippen molar-refractivity contribution >= 4 is 34.8 Å². The summed E-state index contributed by atoms with van der Waals surface area (Å²) in [5.41, 5.74) is 3.73. The Balaban J connectivity index is 1.61. The summed E-state index contributed by atoms with van der Waals surface area (Å²) in [7, 11) is 0. The Morgan fingerprint density at radius 2 is 2.00 bits per heavy atom. The molecule has 0 saturated carbocycles. The number of thioether (sulfide) groups is 1. The van der Waals surface area contributed by atoms with Crippen LogP contribution in [0.4, 0.5) is 5.69 Å². The van der Waals surface area contributed by atoms with E-state index < -0.39 is 0 Å². The predicted octanol–water partition coefficient (Wildman–Crippen LogP) is 5.00. The zero-order chi connectivity index (χ0) is 17.9. The third-order valence-corrected chi connectivity index (χ3v) is 5.01. The molecule has 0 saturated heterocycles. The Bertz CT molecular complexity index is 676. The smallest absolute Gasteiger partial charge is 0.170 e. The molecule has 3 nitrogen and oxygen atoms in total. The molecular weight excluding hydrogens is 348 g/mol. The van der Waals surface area contributed by atoms with Crippen molar-refractivity contribution in [3.05, 3.63) is 59.7 Å². The van der Waals surface area contributed by atoms with Crippen molar-refractivity contribution in [3.8, 4) is 5.75 Å². The molecule has 25 heavy (non-hydrogen) atoms. The number of rotatable bonds is 9. The molecule has 0 atom stereocenters. The van der Waals surface area contributed by atoms with Gasteiger partial charge in [0.25, 0.3) is 0 Å². The van der Waals surface area contributed by atoms with Crippen LogP contribution in [0.5, 0.6) is 5.75 Å². The number of benzene rings is 2. The first-order chi connectivity index (χ1) is 12.2. The summed E-state index contributed by atoms with van der Waals surface area (Å²) in [6.45, 7) is 5.68. The lowest BCUT2D eigenvalue weighted by Gasteiger charge is -2.12. The molecule has 0 aliphatic carbocycles. The molecule has 0 fully saturated rings. The highest BCUT2D eigenvalue weighted by Crippen LogP contribution is 2.17. The molecular formula is C20H26N2OS2. The Hall–Kier alpha value is -1.72. The Morgan fingerprint density at radius 3 is 2.80 bits per heavy atom. The van der Waals surface area contributed by atoms with Crippen LogP contribution in [-0.4, -0.2) is 24.0 Å². The molecule has 0 aromatic heterocycles. The van der Waals surface area contributed by atoms with Crippen LogP contribution < -0.4 is 15.4 Å². The molecule has 0 aliphatic rings. The lowest BCUT2D eigenvalue weighted by Crippen LogP contribution is -2.29. The minimum atomic E-state index is 0.651. The van der Waals surface area contributed by atoms with Gasteiger partial charge in [0.2, 0.25) is 0 Å². The summed E-state index contributed by atoms with van der Waals surface area (Å²) >= 11 is 7.31. The zero-order valence-corrected chi connectivity index (χ0v) is 16.5. The van der Waals surface area contributed by atoms with Gasteiger partial charge in [-0.05, 0) is 61.5 Å². The fourth-order valence-corrected chi connectivity index (χ4v) is 3.59. The monoisotopic (exact) mass is 374 g/mol. The van der Waals surface area contributed by atoms with Crippen molar-refractivity contribution < 1.29 is 4.74 Å². The molecule has 0 radical (unpaired) electrons. The first kappa shape index (κ1) is 19.6. The normalized spacial score (nSPS) is 10.3. The minimum absolute atomic E-state index is 0.651. The Kier molecular flexibility index (Phi) is 8.63. The molecule has 0 aliphatic heterocycles. The van der Waals surface area contributed by atoms with Crippen molar-refractivity contribution in [2.24, 2.45) is 0 Å². The maximum absolute atomic E-state index is 5.49. The first-order valence-corrected chi connectivity index (χ1v) is 10.2. The second kappa shape index (κ2) is 11.0. The van der Waals surface area contributed by atoms with E-state index in [-0.39, 0.29) is 0 Å². The fraction of sp³-hybridized carbons (Fsp3) is 0.350. The lowest BCUT2D eigenvalue weighted by molar-refractivity contribution is 0.340. The van der Waals surface area contributed by atoms with Crippen LogP contribution in [0.1, 0.15) is 24.5 Å². The fourth-order valence-electron chi connectivity index (χ4n) is 2.34. The Labute approximate surface area is 160 Å². The number of ether oxygens (including phenoxy) is 1. The summed E-state index contributed by atoms with van der Waals surface area (Å²) in [6.07, 6.45) is 1.08. The van der Waals surface area contributed by atoms with Crippen molar-refractivity contribution in [3.63, 3.8) is 0 Å². The van der Waals surface area contributed by atoms with E-state index in [1.54, 1.807) is 0 Å². The maximum atomic E-state index is 5.49. The van der Waals surface area contributed by atoms with Gasteiger partial charge in [-0.2, -0.15) is 11.8 Å². The minimum Gasteiger partial charge on any atom is -0.494 e. The highest BCUT2D eigenvalue weighted by Gasteiger charge is 2.00. The van der Waals surface area contributed by atoms with Gasteiger partial charge in [0, 0.05) is 24.1 Å². The number of aryl methyl sites for hydroxylation is 1. The van der Waals surface area contributed by atoms with Gasteiger partial charge in [-0.15, -0.1) is 0 Å². The van der Waals surface area contributed by atoms with Crippen LogP contribution in [0.25, 0.3) is 0 Å². The summed E-state index contributed by atoms with van der Waals surface area (Å²) < 4.78 is 5.49. The number of hydrogen-bond acceptors (Lipinski definition) is 3. The summed E-state index contributed by atoms with van der Waals surface area (Å²) in [4.78, 5) is 0. The SMILES string of the molecule is CCOc1cccc(NC(=S)NCCCSCc2ccccc2C)c1. The van der Waals surface area contributed by atoms with Crippen LogP contribution in [-0.2, 0) is 5.75 Å². The van der Waals surface area contributed by atoms with Gasteiger partial charge in [0.1, 0.15) is 5.75 Å². The quantitative estimate of drug-likeness (QED) is 0.477. The maximum Gasteiger partial charge on any atom is 0.170 e. The molecule has 2 aromatic carbocycles. The highest BCUT2D eigenvalue weighted by atomic mass is 32.2. The molecule has 2 aromatic rings. The lowest BCUT2D eigenvalue weighted by atomic mass is 10.1. The molecule has 2 rings (SSSR count). The van der Waals surface area contributed by atoms with Gasteiger partial charge in [0.15, 0.2) is 5.11 Å². The molecule has 0 bridgehead atoms. The molecule has 0 heterocycles. The van der Waals surface area contributed by atoms with E-state index in [1.165, 1.54) is 11.1 Å². The standard InChI is InChI=1S/C20H26N2OS2/c1-3-23-19-11-6-10-18(14-19)22-20(24)21-12-7-13-25-15-17-9-5-4-8-16(17)2/h4-6,8-11,14H,3,7,12-13,15H2,1-2H3,(H2,21,22,24). The number of anilines is 1. The van der Waals surface area contributed by atoms with Gasteiger partial charge >= 0.3 is 0 Å². The first-order valence-electron chi connectivity index (χ1n) is 8.59. The van der Waals surface area contributed by atoms with Crippen LogP contribution in [0.3, 0.4) is 0 Å². The Morgan fingerprint density at radius 1 is 1.16 bits per heavy atom. The predicted molar refractivity (Wildman–Crippen MR) is 114 cm³/mol. The highest BCUT2D eigenvalue weighted by molar-refractivity contribution is 7.98. The van der Waals surface area contributed by atoms with E-state index in [1.807, 2.05) is 43.0 Å². The molecule has 2 N–H and O–H groups in total. The van der Waals surface area contributed by atoms with E-state index in [0.717, 1.165) is 35.9 Å². The van der Waals surface area contributed by atoms with E-state index in [2.05, 4.69) is 41.8 Å². The molecule has 5 heteroatoms. The molecule has 0 unspecified atom stereocenters. The van der Waals surface area contributed by atoms with Crippen LogP contribution in [0, 0.1) is 6.92 Å². The summed E-state index contributed by atoms with van der Waals surface area (Å²) in [5.74, 6) is 3.03. The zero-order valence-electron chi connectivity index (χ0n) is 14.9. The van der Waals surface area contributed by atoms with Crippen molar-refractivity contribution in [2.45, 2.75) is 26.0 Å². The third kappa shape index (κ3) is 7.36. The number of thiocarbonyl (C=S) groups is 1. The van der Waals surface area contributed by atoms with E-state index >= 15 is 0 Å². The van der Waals surface area contributed by atoms with Crippen molar-refractivity contribution in [2.75, 3.05) is 24.2 Å². The van der Waals surface area contributed by atoms with Crippen molar-refractivity contribution in [1.29, 1.82) is 0 Å². The van der Waals surface area contributed by atoms with Gasteiger partial charge in [-0.3, -0.25) is 0 Å².